The second-order valence-electron chi connectivity index (χ2n) is 8.92. The van der Waals surface area contributed by atoms with E-state index >= 15 is 0 Å². The van der Waals surface area contributed by atoms with Gasteiger partial charge < -0.3 is 5.32 Å². The van der Waals surface area contributed by atoms with Crippen molar-refractivity contribution in [2.75, 3.05) is 17.1 Å². The third-order valence-electron chi connectivity index (χ3n) is 6.53. The van der Waals surface area contributed by atoms with Crippen molar-refractivity contribution in [3.63, 3.8) is 0 Å². The number of hydrogen-bond acceptors (Lipinski definition) is 3. The van der Waals surface area contributed by atoms with Gasteiger partial charge in [-0.25, -0.2) is 8.42 Å². The van der Waals surface area contributed by atoms with Gasteiger partial charge in [0.1, 0.15) is 0 Å². The predicted molar refractivity (Wildman–Crippen MR) is 132 cm³/mol. The van der Waals surface area contributed by atoms with Gasteiger partial charge in [0.25, 0.3) is 0 Å². The predicted octanol–water partition coefficient (Wildman–Crippen LogP) is 5.00. The van der Waals surface area contributed by atoms with Gasteiger partial charge in [-0.2, -0.15) is 0 Å². The number of nitrogens with zero attached hydrogens (tertiary/aromatic N) is 1. The average Bonchev–Trinajstić information content (AvgIpc) is 2.76. The van der Waals surface area contributed by atoms with Gasteiger partial charge in [0.05, 0.1) is 18.0 Å². The van der Waals surface area contributed by atoms with E-state index < -0.39 is 10.0 Å². The normalized spacial score (nSPS) is 14.5. The van der Waals surface area contributed by atoms with E-state index in [-0.39, 0.29) is 18.5 Å². The zero-order valence-corrected chi connectivity index (χ0v) is 20.6. The van der Waals surface area contributed by atoms with Crippen LogP contribution in [0.2, 0.25) is 0 Å². The highest BCUT2D eigenvalue weighted by atomic mass is 32.2. The Labute approximate surface area is 193 Å². The lowest BCUT2D eigenvalue weighted by atomic mass is 9.89. The van der Waals surface area contributed by atoms with E-state index in [9.17, 15) is 13.2 Å². The Hall–Kier alpha value is -2.34. The highest BCUT2D eigenvalue weighted by molar-refractivity contribution is 7.92. The number of hydrogen-bond donors (Lipinski definition) is 1. The van der Waals surface area contributed by atoms with Crippen LogP contribution < -0.4 is 9.62 Å². The van der Waals surface area contributed by atoms with E-state index in [2.05, 4.69) is 30.4 Å². The summed E-state index contributed by atoms with van der Waals surface area (Å²) in [4.78, 5) is 12.7. The minimum atomic E-state index is -3.43. The van der Waals surface area contributed by atoms with Crippen LogP contribution in [0.5, 0.6) is 0 Å². The zero-order chi connectivity index (χ0) is 23.3. The molecule has 174 valence electrons. The fourth-order valence-corrected chi connectivity index (χ4v) is 5.53. The van der Waals surface area contributed by atoms with Crippen LogP contribution in [0.1, 0.15) is 72.9 Å². The number of carbonyl (C=O) groups is 1. The molecule has 5 nitrogen and oxygen atoms in total. The molecule has 1 amide bonds. The van der Waals surface area contributed by atoms with Crippen LogP contribution in [-0.4, -0.2) is 27.1 Å². The van der Waals surface area contributed by atoms with Crippen molar-refractivity contribution in [3.05, 3.63) is 64.2 Å². The van der Waals surface area contributed by atoms with Crippen LogP contribution in [0.3, 0.4) is 0 Å². The minimum Gasteiger partial charge on any atom is -0.349 e. The van der Waals surface area contributed by atoms with Gasteiger partial charge >= 0.3 is 0 Å². The summed E-state index contributed by atoms with van der Waals surface area (Å²) in [5.41, 5.74) is 6.70. The van der Waals surface area contributed by atoms with Crippen LogP contribution in [0.25, 0.3) is 0 Å². The summed E-state index contributed by atoms with van der Waals surface area (Å²) in [6, 6.07) is 12.3. The first-order chi connectivity index (χ1) is 15.2. The Morgan fingerprint density at radius 3 is 2.50 bits per heavy atom. The van der Waals surface area contributed by atoms with Crippen LogP contribution in [0, 0.1) is 13.8 Å². The van der Waals surface area contributed by atoms with Crippen LogP contribution >= 0.6 is 0 Å². The number of aryl methyl sites for hydroxylation is 3. The SMILES string of the molecule is CCC(NC(=O)CCCN(c1cccc(C)c1C)S(C)(=O)=O)c1ccc2c(c1)CCCC2. The Kier molecular flexibility index (Phi) is 7.99. The van der Waals surface area contributed by atoms with Crippen molar-refractivity contribution in [2.24, 2.45) is 0 Å². The van der Waals surface area contributed by atoms with E-state index in [1.54, 1.807) is 0 Å². The molecule has 0 bridgehead atoms. The van der Waals surface area contributed by atoms with E-state index in [4.69, 9.17) is 0 Å². The second-order valence-corrected chi connectivity index (χ2v) is 10.8. The number of benzene rings is 2. The molecule has 1 aliphatic carbocycles. The van der Waals surface area contributed by atoms with Crippen molar-refractivity contribution >= 4 is 21.6 Å². The number of carbonyl (C=O) groups excluding carboxylic acids is 1. The summed E-state index contributed by atoms with van der Waals surface area (Å²) in [7, 11) is -3.43. The molecule has 1 atom stereocenters. The first-order valence-electron chi connectivity index (χ1n) is 11.7. The molecule has 0 aliphatic heterocycles. The summed E-state index contributed by atoms with van der Waals surface area (Å²) in [6.07, 6.45) is 7.55. The lowest BCUT2D eigenvalue weighted by Crippen LogP contribution is -2.33. The average molecular weight is 457 g/mol. The van der Waals surface area contributed by atoms with E-state index in [0.29, 0.717) is 18.5 Å². The van der Waals surface area contributed by atoms with Crippen molar-refractivity contribution in [1.82, 2.24) is 5.32 Å². The van der Waals surface area contributed by atoms with Gasteiger partial charge in [-0.3, -0.25) is 9.10 Å². The molecule has 0 spiro atoms. The van der Waals surface area contributed by atoms with E-state index in [1.165, 1.54) is 34.5 Å². The number of amides is 1. The summed E-state index contributed by atoms with van der Waals surface area (Å²) < 4.78 is 26.3. The fraction of sp³-hybridized carbons (Fsp3) is 0.500. The lowest BCUT2D eigenvalue weighted by Gasteiger charge is -2.25. The molecule has 1 N–H and O–H groups in total. The molecular formula is C26H36N2O3S. The van der Waals surface area contributed by atoms with Crippen molar-refractivity contribution in [2.45, 2.75) is 71.8 Å². The zero-order valence-electron chi connectivity index (χ0n) is 19.8. The van der Waals surface area contributed by atoms with Gasteiger partial charge in [0, 0.05) is 13.0 Å². The molecule has 0 aromatic heterocycles. The summed E-state index contributed by atoms with van der Waals surface area (Å²) in [6.45, 7) is 6.26. The van der Waals surface area contributed by atoms with Crippen LogP contribution in [0.4, 0.5) is 5.69 Å². The van der Waals surface area contributed by atoms with Crippen LogP contribution in [-0.2, 0) is 27.7 Å². The number of rotatable bonds is 9. The first-order valence-corrected chi connectivity index (χ1v) is 13.5. The summed E-state index contributed by atoms with van der Waals surface area (Å²) in [5, 5.41) is 3.16. The molecule has 0 radical (unpaired) electrons. The van der Waals surface area contributed by atoms with Crippen molar-refractivity contribution in [1.29, 1.82) is 0 Å². The topological polar surface area (TPSA) is 66.5 Å². The molecule has 2 aromatic carbocycles. The van der Waals surface area contributed by atoms with Crippen molar-refractivity contribution < 1.29 is 13.2 Å². The van der Waals surface area contributed by atoms with Gasteiger partial charge in [-0.05, 0) is 86.3 Å². The largest absolute Gasteiger partial charge is 0.349 e. The fourth-order valence-electron chi connectivity index (χ4n) is 4.51. The maximum absolute atomic E-state index is 12.7. The molecule has 0 heterocycles. The number of fused-ring (bicyclic) bond motifs is 1. The molecule has 0 saturated carbocycles. The number of nitrogens with one attached hydrogen (secondary N) is 1. The highest BCUT2D eigenvalue weighted by Crippen LogP contribution is 2.27. The molecule has 3 rings (SSSR count). The molecule has 0 fully saturated rings. The number of sulfonamides is 1. The minimum absolute atomic E-state index is 0.0141. The monoisotopic (exact) mass is 456 g/mol. The second kappa shape index (κ2) is 10.5. The van der Waals surface area contributed by atoms with Gasteiger partial charge in [-0.15, -0.1) is 0 Å². The summed E-state index contributed by atoms with van der Waals surface area (Å²) >= 11 is 0. The molecule has 6 heteroatoms. The van der Waals surface area contributed by atoms with E-state index in [0.717, 1.165) is 36.0 Å². The van der Waals surface area contributed by atoms with Gasteiger partial charge in [0.15, 0.2) is 0 Å². The Bertz CT molecular complexity index is 1060. The standard InChI is InChI=1S/C26H36N2O3S/c1-5-24(23-16-15-21-11-6-7-12-22(21)18-23)27-26(29)14-9-17-28(32(4,30)31)25-13-8-10-19(2)20(25)3/h8,10,13,15-16,18,24H,5-7,9,11-12,14,17H2,1-4H3,(H,27,29). The Balaban J connectivity index is 1.62. The number of anilines is 1. The molecule has 2 aromatic rings. The van der Waals surface area contributed by atoms with Crippen molar-refractivity contribution in [3.8, 4) is 0 Å². The third kappa shape index (κ3) is 5.91. The third-order valence-corrected chi connectivity index (χ3v) is 7.71. The smallest absolute Gasteiger partial charge is 0.232 e. The molecule has 1 unspecified atom stereocenters. The molecular weight excluding hydrogens is 420 g/mol. The Morgan fingerprint density at radius 1 is 1.09 bits per heavy atom. The van der Waals surface area contributed by atoms with Gasteiger partial charge in [-0.1, -0.05) is 37.3 Å². The summed E-state index contributed by atoms with van der Waals surface area (Å²) in [5.74, 6) is -0.0380. The van der Waals surface area contributed by atoms with E-state index in [1.807, 2.05) is 32.0 Å². The highest BCUT2D eigenvalue weighted by Gasteiger charge is 2.21. The lowest BCUT2D eigenvalue weighted by molar-refractivity contribution is -0.121. The molecule has 0 saturated heterocycles. The first kappa shape index (κ1) is 24.3. The molecule has 32 heavy (non-hydrogen) atoms. The van der Waals surface area contributed by atoms with Crippen LogP contribution in [0.15, 0.2) is 36.4 Å². The quantitative estimate of drug-likeness (QED) is 0.578. The maximum atomic E-state index is 12.7. The molecule has 1 aliphatic rings. The Morgan fingerprint density at radius 2 is 1.81 bits per heavy atom. The maximum Gasteiger partial charge on any atom is 0.232 e. The van der Waals surface area contributed by atoms with Gasteiger partial charge in [0.2, 0.25) is 15.9 Å².